The SMILES string of the molecule is Cc1ccc(CC(=O)C2CCC(C(=O)OC3=CCC(C)C(C)C=C3)CC2)cc1. The summed E-state index contributed by atoms with van der Waals surface area (Å²) >= 11 is 0. The molecule has 1 saturated carbocycles. The van der Waals surface area contributed by atoms with E-state index < -0.39 is 0 Å². The summed E-state index contributed by atoms with van der Waals surface area (Å²) in [5.74, 6) is 1.87. The first-order valence-electron chi connectivity index (χ1n) is 10.6. The minimum absolute atomic E-state index is 0.0732. The van der Waals surface area contributed by atoms with E-state index in [1.807, 2.05) is 43.3 Å². The Hall–Kier alpha value is -2.16. The van der Waals surface area contributed by atoms with Crippen molar-refractivity contribution in [1.82, 2.24) is 0 Å². The van der Waals surface area contributed by atoms with Crippen LogP contribution in [-0.4, -0.2) is 11.8 Å². The maximum absolute atomic E-state index is 12.6. The summed E-state index contributed by atoms with van der Waals surface area (Å²) < 4.78 is 5.66. The maximum Gasteiger partial charge on any atom is 0.314 e. The van der Waals surface area contributed by atoms with Crippen molar-refractivity contribution in [2.24, 2.45) is 23.7 Å². The van der Waals surface area contributed by atoms with Crippen molar-refractivity contribution in [3.8, 4) is 0 Å². The van der Waals surface area contributed by atoms with E-state index in [9.17, 15) is 9.59 Å². The third kappa shape index (κ3) is 5.43. The van der Waals surface area contributed by atoms with Crippen LogP contribution in [0.1, 0.15) is 57.1 Å². The minimum atomic E-state index is -0.137. The third-order valence-electron chi connectivity index (χ3n) is 6.39. The van der Waals surface area contributed by atoms with Crippen LogP contribution in [0.3, 0.4) is 0 Å². The van der Waals surface area contributed by atoms with Crippen molar-refractivity contribution >= 4 is 11.8 Å². The minimum Gasteiger partial charge on any atom is -0.427 e. The van der Waals surface area contributed by atoms with Crippen molar-refractivity contribution in [1.29, 1.82) is 0 Å². The summed E-state index contributed by atoms with van der Waals surface area (Å²) in [4.78, 5) is 25.2. The lowest BCUT2D eigenvalue weighted by atomic mass is 9.79. The van der Waals surface area contributed by atoms with Gasteiger partial charge in [-0.25, -0.2) is 0 Å². The summed E-state index contributed by atoms with van der Waals surface area (Å²) in [5, 5.41) is 0. The first-order chi connectivity index (χ1) is 13.4. The number of ketones is 1. The van der Waals surface area contributed by atoms with Gasteiger partial charge in [-0.05, 0) is 68.6 Å². The second kappa shape index (κ2) is 9.36. The number of rotatable bonds is 5. The van der Waals surface area contributed by atoms with Gasteiger partial charge in [0.2, 0.25) is 0 Å². The summed E-state index contributed by atoms with van der Waals surface area (Å²) in [7, 11) is 0. The number of aryl methyl sites for hydroxylation is 1. The van der Waals surface area contributed by atoms with Gasteiger partial charge in [0.1, 0.15) is 11.5 Å². The molecule has 0 amide bonds. The molecule has 3 nitrogen and oxygen atoms in total. The van der Waals surface area contributed by atoms with E-state index in [0.29, 0.717) is 29.8 Å². The van der Waals surface area contributed by atoms with Crippen molar-refractivity contribution in [2.75, 3.05) is 0 Å². The molecule has 0 aliphatic heterocycles. The highest BCUT2D eigenvalue weighted by Gasteiger charge is 2.31. The van der Waals surface area contributed by atoms with Gasteiger partial charge in [0.05, 0.1) is 5.92 Å². The Labute approximate surface area is 168 Å². The van der Waals surface area contributed by atoms with Crippen LogP contribution in [0.4, 0.5) is 0 Å². The van der Waals surface area contributed by atoms with E-state index >= 15 is 0 Å². The standard InChI is InChI=1S/C25H32O3/c1-17-4-8-20(9-5-17)16-24(26)21-10-12-22(13-11-21)25(27)28-23-14-6-18(2)19(3)7-15-23/h4-6,8-9,14-15,18-19,21-22H,7,10-13,16H2,1-3H3. The number of benzene rings is 1. The van der Waals surface area contributed by atoms with E-state index in [-0.39, 0.29) is 17.8 Å². The van der Waals surface area contributed by atoms with Gasteiger partial charge in [-0.3, -0.25) is 9.59 Å². The molecule has 2 unspecified atom stereocenters. The Bertz CT molecular complexity index is 749. The Morgan fingerprint density at radius 2 is 1.64 bits per heavy atom. The molecule has 1 fully saturated rings. The molecule has 0 aromatic heterocycles. The fourth-order valence-electron chi connectivity index (χ4n) is 4.00. The molecule has 1 aromatic carbocycles. The average molecular weight is 381 g/mol. The van der Waals surface area contributed by atoms with Gasteiger partial charge >= 0.3 is 5.97 Å². The van der Waals surface area contributed by atoms with E-state index in [2.05, 4.69) is 19.9 Å². The van der Waals surface area contributed by atoms with Crippen LogP contribution in [-0.2, 0) is 20.7 Å². The number of ether oxygens (including phenoxy) is 1. The van der Waals surface area contributed by atoms with E-state index in [4.69, 9.17) is 4.74 Å². The summed E-state index contributed by atoms with van der Waals surface area (Å²) in [6, 6.07) is 8.17. The topological polar surface area (TPSA) is 43.4 Å². The van der Waals surface area contributed by atoms with Gasteiger partial charge in [-0.2, -0.15) is 0 Å². The molecule has 1 aromatic rings. The molecular formula is C25H32O3. The highest BCUT2D eigenvalue weighted by molar-refractivity contribution is 5.83. The van der Waals surface area contributed by atoms with Gasteiger partial charge in [0, 0.05) is 12.3 Å². The van der Waals surface area contributed by atoms with Crippen LogP contribution in [0.5, 0.6) is 0 Å². The molecule has 2 aliphatic carbocycles. The van der Waals surface area contributed by atoms with Crippen LogP contribution in [0.15, 0.2) is 48.3 Å². The number of hydrogen-bond donors (Lipinski definition) is 0. The van der Waals surface area contributed by atoms with Gasteiger partial charge in [-0.15, -0.1) is 0 Å². The molecule has 0 N–H and O–H groups in total. The molecule has 2 aliphatic rings. The Morgan fingerprint density at radius 1 is 1.00 bits per heavy atom. The lowest BCUT2D eigenvalue weighted by molar-refractivity contribution is -0.146. The first-order valence-corrected chi connectivity index (χ1v) is 10.6. The molecule has 0 radical (unpaired) electrons. The molecule has 0 bridgehead atoms. The maximum atomic E-state index is 12.6. The van der Waals surface area contributed by atoms with Crippen molar-refractivity contribution in [3.63, 3.8) is 0 Å². The zero-order chi connectivity index (χ0) is 20.1. The summed E-state index contributed by atoms with van der Waals surface area (Å²) in [5.41, 5.74) is 2.28. The van der Waals surface area contributed by atoms with Crippen LogP contribution in [0, 0.1) is 30.6 Å². The number of carbonyl (C=O) groups excluding carboxylic acids is 2. The first kappa shape index (κ1) is 20.6. The second-order valence-corrected chi connectivity index (χ2v) is 8.64. The molecule has 150 valence electrons. The lowest BCUT2D eigenvalue weighted by Crippen LogP contribution is -2.27. The van der Waals surface area contributed by atoms with Gasteiger partial charge in [-0.1, -0.05) is 49.8 Å². The molecule has 3 rings (SSSR count). The number of Topliss-reactive ketones (excluding diaryl/α,β-unsaturated/α-hetero) is 1. The van der Waals surface area contributed by atoms with Gasteiger partial charge < -0.3 is 4.74 Å². The fraction of sp³-hybridized carbons (Fsp3) is 0.520. The van der Waals surface area contributed by atoms with Crippen LogP contribution >= 0.6 is 0 Å². The smallest absolute Gasteiger partial charge is 0.314 e. The highest BCUT2D eigenvalue weighted by Crippen LogP contribution is 2.32. The fourth-order valence-corrected chi connectivity index (χ4v) is 4.00. The Kier molecular flexibility index (Phi) is 6.88. The van der Waals surface area contributed by atoms with Crippen LogP contribution < -0.4 is 0 Å². The predicted octanol–water partition coefficient (Wildman–Crippen LogP) is 5.57. The molecule has 0 heterocycles. The average Bonchev–Trinajstić information content (AvgIpc) is 2.85. The third-order valence-corrected chi connectivity index (χ3v) is 6.39. The molecule has 0 saturated heterocycles. The largest absolute Gasteiger partial charge is 0.427 e. The second-order valence-electron chi connectivity index (χ2n) is 8.64. The van der Waals surface area contributed by atoms with Crippen molar-refractivity contribution in [2.45, 2.75) is 59.3 Å². The zero-order valence-electron chi connectivity index (χ0n) is 17.3. The van der Waals surface area contributed by atoms with Crippen molar-refractivity contribution in [3.05, 3.63) is 59.4 Å². The van der Waals surface area contributed by atoms with Gasteiger partial charge in [0.15, 0.2) is 0 Å². The number of carbonyl (C=O) groups is 2. The molecule has 0 spiro atoms. The molecule has 3 heteroatoms. The summed E-state index contributed by atoms with van der Waals surface area (Å²) in [6.45, 7) is 6.45. The van der Waals surface area contributed by atoms with Crippen molar-refractivity contribution < 1.29 is 14.3 Å². The number of allylic oxidation sites excluding steroid dienone is 3. The van der Waals surface area contributed by atoms with Crippen LogP contribution in [0.2, 0.25) is 0 Å². The van der Waals surface area contributed by atoms with E-state index in [1.54, 1.807) is 0 Å². The molecule has 28 heavy (non-hydrogen) atoms. The van der Waals surface area contributed by atoms with Gasteiger partial charge in [0.25, 0.3) is 0 Å². The zero-order valence-corrected chi connectivity index (χ0v) is 17.3. The lowest BCUT2D eigenvalue weighted by Gasteiger charge is -2.26. The Morgan fingerprint density at radius 3 is 2.32 bits per heavy atom. The van der Waals surface area contributed by atoms with E-state index in [0.717, 1.165) is 37.7 Å². The normalized spacial score (nSPS) is 27.6. The summed E-state index contributed by atoms with van der Waals surface area (Å²) in [6.07, 6.45) is 10.6. The predicted molar refractivity (Wildman–Crippen MR) is 112 cm³/mol. The monoisotopic (exact) mass is 380 g/mol. The molecular weight excluding hydrogens is 348 g/mol. The Balaban J connectivity index is 1.48. The molecule has 2 atom stereocenters. The number of hydrogen-bond acceptors (Lipinski definition) is 3. The highest BCUT2D eigenvalue weighted by atomic mass is 16.5. The van der Waals surface area contributed by atoms with E-state index in [1.165, 1.54) is 5.56 Å². The quantitative estimate of drug-likeness (QED) is 0.627. The van der Waals surface area contributed by atoms with Crippen LogP contribution in [0.25, 0.3) is 0 Å². The number of esters is 1.